The van der Waals surface area contributed by atoms with Crippen molar-refractivity contribution in [3.63, 3.8) is 0 Å². The SMILES string of the molecule is COc1c(C)cc(C)c(Br)c1C1CCCCN1. The summed E-state index contributed by atoms with van der Waals surface area (Å²) >= 11 is 3.72. The first kappa shape index (κ1) is 12.9. The molecule has 0 bridgehead atoms. The van der Waals surface area contributed by atoms with Crippen molar-refractivity contribution in [1.29, 1.82) is 0 Å². The number of piperidine rings is 1. The Balaban J connectivity index is 2.48. The van der Waals surface area contributed by atoms with Crippen LogP contribution in [-0.4, -0.2) is 13.7 Å². The first-order chi connectivity index (χ1) is 8.15. The fourth-order valence-electron chi connectivity index (χ4n) is 2.66. The van der Waals surface area contributed by atoms with Crippen molar-refractivity contribution in [3.05, 3.63) is 27.2 Å². The smallest absolute Gasteiger partial charge is 0.127 e. The summed E-state index contributed by atoms with van der Waals surface area (Å²) in [5.74, 6) is 1.03. The summed E-state index contributed by atoms with van der Waals surface area (Å²) in [6.07, 6.45) is 3.76. The van der Waals surface area contributed by atoms with Gasteiger partial charge in [-0.3, -0.25) is 0 Å². The van der Waals surface area contributed by atoms with E-state index in [1.54, 1.807) is 7.11 Å². The molecular weight excluding hydrogens is 278 g/mol. The molecule has 1 aromatic carbocycles. The Morgan fingerprint density at radius 1 is 1.29 bits per heavy atom. The normalized spacial score (nSPS) is 20.4. The van der Waals surface area contributed by atoms with E-state index < -0.39 is 0 Å². The van der Waals surface area contributed by atoms with E-state index in [4.69, 9.17) is 4.74 Å². The summed E-state index contributed by atoms with van der Waals surface area (Å²) < 4.78 is 6.79. The van der Waals surface area contributed by atoms with Gasteiger partial charge in [-0.15, -0.1) is 0 Å². The van der Waals surface area contributed by atoms with E-state index in [9.17, 15) is 0 Å². The lowest BCUT2D eigenvalue weighted by Gasteiger charge is -2.27. The molecule has 1 unspecified atom stereocenters. The average Bonchev–Trinajstić information content (AvgIpc) is 2.34. The van der Waals surface area contributed by atoms with E-state index in [1.807, 2.05) is 0 Å². The molecule has 2 nitrogen and oxygen atoms in total. The molecule has 1 N–H and O–H groups in total. The zero-order valence-corrected chi connectivity index (χ0v) is 12.4. The van der Waals surface area contributed by atoms with Gasteiger partial charge in [0, 0.05) is 16.1 Å². The highest BCUT2D eigenvalue weighted by Gasteiger charge is 2.23. The Bertz CT molecular complexity index is 411. The van der Waals surface area contributed by atoms with E-state index in [0.717, 1.165) is 12.3 Å². The van der Waals surface area contributed by atoms with Crippen molar-refractivity contribution in [2.75, 3.05) is 13.7 Å². The largest absolute Gasteiger partial charge is 0.496 e. The fourth-order valence-corrected chi connectivity index (χ4v) is 3.23. The number of hydrogen-bond acceptors (Lipinski definition) is 2. The van der Waals surface area contributed by atoms with Crippen molar-refractivity contribution in [2.24, 2.45) is 0 Å². The van der Waals surface area contributed by atoms with Crippen LogP contribution in [0.15, 0.2) is 10.5 Å². The Kier molecular flexibility index (Phi) is 4.10. The summed E-state index contributed by atoms with van der Waals surface area (Å²) in [4.78, 5) is 0. The zero-order valence-electron chi connectivity index (χ0n) is 10.8. The highest BCUT2D eigenvalue weighted by molar-refractivity contribution is 9.10. The maximum atomic E-state index is 5.60. The molecule has 1 aliphatic rings. The molecule has 1 aliphatic heterocycles. The van der Waals surface area contributed by atoms with Crippen molar-refractivity contribution in [2.45, 2.75) is 39.2 Å². The maximum Gasteiger partial charge on any atom is 0.127 e. The van der Waals surface area contributed by atoms with Gasteiger partial charge in [0.05, 0.1) is 7.11 Å². The molecule has 17 heavy (non-hydrogen) atoms. The number of methoxy groups -OCH3 is 1. The standard InChI is InChI=1S/C14H20BrNO/c1-9-8-10(2)14(17-3)12(13(9)15)11-6-4-5-7-16-11/h8,11,16H,4-7H2,1-3H3. The third-order valence-corrected chi connectivity index (χ3v) is 4.53. The third-order valence-electron chi connectivity index (χ3n) is 3.48. The van der Waals surface area contributed by atoms with E-state index >= 15 is 0 Å². The predicted molar refractivity (Wildman–Crippen MR) is 74.8 cm³/mol. The summed E-state index contributed by atoms with van der Waals surface area (Å²) in [5.41, 5.74) is 3.80. The van der Waals surface area contributed by atoms with Crippen molar-refractivity contribution < 1.29 is 4.74 Å². The molecule has 0 aromatic heterocycles. The number of benzene rings is 1. The molecule has 0 saturated carbocycles. The second-order valence-electron chi connectivity index (χ2n) is 4.77. The quantitative estimate of drug-likeness (QED) is 0.894. The number of ether oxygens (including phenoxy) is 1. The Hall–Kier alpha value is -0.540. The van der Waals surface area contributed by atoms with Crippen LogP contribution in [0.5, 0.6) is 5.75 Å². The molecule has 94 valence electrons. The van der Waals surface area contributed by atoms with Gasteiger partial charge < -0.3 is 10.1 Å². The van der Waals surface area contributed by atoms with Gasteiger partial charge in [0.2, 0.25) is 0 Å². The minimum absolute atomic E-state index is 0.423. The summed E-state index contributed by atoms with van der Waals surface area (Å²) in [7, 11) is 1.76. The molecule has 3 heteroatoms. The van der Waals surface area contributed by atoms with Crippen LogP contribution in [-0.2, 0) is 0 Å². The minimum Gasteiger partial charge on any atom is -0.496 e. The van der Waals surface area contributed by atoms with Crippen LogP contribution < -0.4 is 10.1 Å². The number of hydrogen-bond donors (Lipinski definition) is 1. The zero-order chi connectivity index (χ0) is 12.4. The fraction of sp³-hybridized carbons (Fsp3) is 0.571. The van der Waals surface area contributed by atoms with Crippen molar-refractivity contribution in [3.8, 4) is 5.75 Å². The summed E-state index contributed by atoms with van der Waals surface area (Å²) in [6, 6.07) is 2.60. The lowest BCUT2D eigenvalue weighted by molar-refractivity contribution is 0.370. The number of rotatable bonds is 2. The minimum atomic E-state index is 0.423. The van der Waals surface area contributed by atoms with Gasteiger partial charge >= 0.3 is 0 Å². The van der Waals surface area contributed by atoms with E-state index in [2.05, 4.69) is 41.2 Å². The van der Waals surface area contributed by atoms with Gasteiger partial charge in [0.15, 0.2) is 0 Å². The molecule has 1 atom stereocenters. The van der Waals surface area contributed by atoms with Gasteiger partial charge in [-0.2, -0.15) is 0 Å². The van der Waals surface area contributed by atoms with E-state index in [0.29, 0.717) is 6.04 Å². The van der Waals surface area contributed by atoms with Gasteiger partial charge in [-0.05, 0) is 44.4 Å². The van der Waals surface area contributed by atoms with Crippen LogP contribution in [0.2, 0.25) is 0 Å². The molecule has 0 spiro atoms. The average molecular weight is 298 g/mol. The van der Waals surface area contributed by atoms with Crippen LogP contribution in [0.4, 0.5) is 0 Å². The Labute approximate surface area is 112 Å². The van der Waals surface area contributed by atoms with E-state index in [-0.39, 0.29) is 0 Å². The van der Waals surface area contributed by atoms with Gasteiger partial charge in [-0.1, -0.05) is 28.4 Å². The highest BCUT2D eigenvalue weighted by atomic mass is 79.9. The number of nitrogens with one attached hydrogen (secondary N) is 1. The van der Waals surface area contributed by atoms with Crippen LogP contribution in [0.25, 0.3) is 0 Å². The van der Waals surface area contributed by atoms with Gasteiger partial charge in [0.1, 0.15) is 5.75 Å². The van der Waals surface area contributed by atoms with Crippen LogP contribution in [0, 0.1) is 13.8 Å². The van der Waals surface area contributed by atoms with Crippen LogP contribution in [0.3, 0.4) is 0 Å². The van der Waals surface area contributed by atoms with Gasteiger partial charge in [0.25, 0.3) is 0 Å². The maximum absolute atomic E-state index is 5.60. The lowest BCUT2D eigenvalue weighted by atomic mass is 9.93. The number of halogens is 1. The molecule has 1 saturated heterocycles. The molecule has 1 fully saturated rings. The molecular formula is C14H20BrNO. The first-order valence-electron chi connectivity index (χ1n) is 6.22. The second kappa shape index (κ2) is 5.40. The molecule has 0 radical (unpaired) electrons. The molecule has 1 heterocycles. The number of aryl methyl sites for hydroxylation is 2. The summed E-state index contributed by atoms with van der Waals surface area (Å²) in [5, 5.41) is 3.60. The summed E-state index contributed by atoms with van der Waals surface area (Å²) in [6.45, 7) is 5.36. The molecule has 1 aromatic rings. The molecule has 0 aliphatic carbocycles. The highest BCUT2D eigenvalue weighted by Crippen LogP contribution is 2.40. The first-order valence-corrected chi connectivity index (χ1v) is 7.01. The second-order valence-corrected chi connectivity index (χ2v) is 5.57. The molecule has 0 amide bonds. The Morgan fingerprint density at radius 2 is 2.06 bits per heavy atom. The van der Waals surface area contributed by atoms with Crippen LogP contribution in [0.1, 0.15) is 42.0 Å². The van der Waals surface area contributed by atoms with Gasteiger partial charge in [-0.25, -0.2) is 0 Å². The predicted octanol–water partition coefficient (Wildman–Crippen LogP) is 3.89. The topological polar surface area (TPSA) is 21.3 Å². The monoisotopic (exact) mass is 297 g/mol. The lowest BCUT2D eigenvalue weighted by Crippen LogP contribution is -2.27. The van der Waals surface area contributed by atoms with Crippen molar-refractivity contribution >= 4 is 15.9 Å². The Morgan fingerprint density at radius 3 is 2.65 bits per heavy atom. The molecule has 2 rings (SSSR count). The van der Waals surface area contributed by atoms with Crippen molar-refractivity contribution in [1.82, 2.24) is 5.32 Å². The third kappa shape index (κ3) is 2.50. The van der Waals surface area contributed by atoms with Crippen LogP contribution >= 0.6 is 15.9 Å². The van der Waals surface area contributed by atoms with E-state index in [1.165, 1.54) is 40.4 Å².